The van der Waals surface area contributed by atoms with Gasteiger partial charge in [0.25, 0.3) is 5.91 Å². The highest BCUT2D eigenvalue weighted by atomic mass is 32.1. The normalized spacial score (nSPS) is 11.9. The van der Waals surface area contributed by atoms with E-state index in [2.05, 4.69) is 15.5 Å². The van der Waals surface area contributed by atoms with Gasteiger partial charge >= 0.3 is 0 Å². The van der Waals surface area contributed by atoms with E-state index in [1.54, 1.807) is 6.92 Å². The lowest BCUT2D eigenvalue weighted by atomic mass is 10.1. The summed E-state index contributed by atoms with van der Waals surface area (Å²) in [7, 11) is 0. The maximum Gasteiger partial charge on any atom is 0.266 e. The van der Waals surface area contributed by atoms with Crippen LogP contribution in [-0.4, -0.2) is 22.2 Å². The Kier molecular flexibility index (Phi) is 4.80. The number of nitrogens with one attached hydrogen (secondary N) is 1. The van der Waals surface area contributed by atoms with Gasteiger partial charge < -0.3 is 4.74 Å². The van der Waals surface area contributed by atoms with Gasteiger partial charge in [0, 0.05) is 5.56 Å². The highest BCUT2D eigenvalue weighted by Gasteiger charge is 2.17. The number of aromatic nitrogens is 2. The molecule has 1 heterocycles. The van der Waals surface area contributed by atoms with Crippen molar-refractivity contribution in [3.8, 4) is 16.3 Å². The summed E-state index contributed by atoms with van der Waals surface area (Å²) in [5.74, 6) is 0.387. The zero-order valence-electron chi connectivity index (χ0n) is 14.6. The summed E-state index contributed by atoms with van der Waals surface area (Å²) in [6.07, 6.45) is -0.657. The van der Waals surface area contributed by atoms with Crippen molar-refractivity contribution in [1.29, 1.82) is 0 Å². The van der Waals surface area contributed by atoms with Gasteiger partial charge in [-0.15, -0.1) is 10.2 Å². The molecule has 0 saturated heterocycles. The predicted molar refractivity (Wildman–Crippen MR) is 108 cm³/mol. The van der Waals surface area contributed by atoms with Crippen molar-refractivity contribution in [2.75, 3.05) is 5.32 Å². The summed E-state index contributed by atoms with van der Waals surface area (Å²) in [6.45, 7) is 1.71. The van der Waals surface area contributed by atoms with Gasteiger partial charge in [0.1, 0.15) is 10.8 Å². The summed E-state index contributed by atoms with van der Waals surface area (Å²) in [4.78, 5) is 12.4. The fourth-order valence-electron chi connectivity index (χ4n) is 2.68. The van der Waals surface area contributed by atoms with Crippen molar-refractivity contribution in [1.82, 2.24) is 10.2 Å². The van der Waals surface area contributed by atoms with Crippen molar-refractivity contribution in [2.45, 2.75) is 13.0 Å². The van der Waals surface area contributed by atoms with Gasteiger partial charge in [-0.1, -0.05) is 72.0 Å². The lowest BCUT2D eigenvalue weighted by Crippen LogP contribution is -2.30. The minimum Gasteiger partial charge on any atom is -0.481 e. The molecule has 3 aromatic carbocycles. The van der Waals surface area contributed by atoms with Crippen LogP contribution >= 0.6 is 11.3 Å². The van der Waals surface area contributed by atoms with Gasteiger partial charge in [-0.25, -0.2) is 0 Å². The number of carbonyl (C=O) groups excluding carboxylic acids is 1. The van der Waals surface area contributed by atoms with Gasteiger partial charge in [-0.2, -0.15) is 0 Å². The van der Waals surface area contributed by atoms with E-state index in [0.29, 0.717) is 10.9 Å². The SMILES string of the molecule is C[C@@H](Oc1ccc2ccccc2c1)C(=O)Nc1nnc(-c2ccccc2)s1. The zero-order chi connectivity index (χ0) is 18.6. The number of rotatable bonds is 5. The van der Waals surface area contributed by atoms with Gasteiger partial charge in [0.2, 0.25) is 5.13 Å². The Balaban J connectivity index is 1.42. The number of fused-ring (bicyclic) bond motifs is 1. The second-order valence-electron chi connectivity index (χ2n) is 6.04. The Morgan fingerprint density at radius 3 is 2.52 bits per heavy atom. The molecule has 0 aliphatic rings. The number of amides is 1. The number of carbonyl (C=O) groups is 1. The highest BCUT2D eigenvalue weighted by Crippen LogP contribution is 2.26. The standard InChI is InChI=1S/C21H17N3O2S/c1-14(26-18-12-11-15-7-5-6-10-17(15)13-18)19(25)22-21-24-23-20(27-21)16-8-3-2-4-9-16/h2-14H,1H3,(H,22,24,25)/t14-/m1/s1. The van der Waals surface area contributed by atoms with Crippen LogP contribution in [0.1, 0.15) is 6.92 Å². The van der Waals surface area contributed by atoms with Gasteiger partial charge in [0.15, 0.2) is 6.10 Å². The molecule has 27 heavy (non-hydrogen) atoms. The summed E-state index contributed by atoms with van der Waals surface area (Å²) >= 11 is 1.33. The van der Waals surface area contributed by atoms with Crippen LogP contribution in [0, 0.1) is 0 Å². The molecule has 0 radical (unpaired) electrons. The molecule has 5 nitrogen and oxygen atoms in total. The van der Waals surface area contributed by atoms with Crippen molar-refractivity contribution in [3.63, 3.8) is 0 Å². The fourth-order valence-corrected chi connectivity index (χ4v) is 3.43. The van der Waals surface area contributed by atoms with Crippen LogP contribution in [0.25, 0.3) is 21.3 Å². The van der Waals surface area contributed by atoms with E-state index in [1.807, 2.05) is 72.8 Å². The molecule has 6 heteroatoms. The minimum absolute atomic E-state index is 0.265. The molecule has 1 atom stereocenters. The molecule has 134 valence electrons. The molecule has 0 saturated carbocycles. The van der Waals surface area contributed by atoms with E-state index in [1.165, 1.54) is 11.3 Å². The van der Waals surface area contributed by atoms with Crippen LogP contribution in [0.5, 0.6) is 5.75 Å². The maximum absolute atomic E-state index is 12.4. The van der Waals surface area contributed by atoms with Gasteiger partial charge in [-0.3, -0.25) is 10.1 Å². The van der Waals surface area contributed by atoms with Crippen molar-refractivity contribution in [3.05, 3.63) is 72.8 Å². The van der Waals surface area contributed by atoms with Crippen LogP contribution in [0.2, 0.25) is 0 Å². The van der Waals surface area contributed by atoms with Crippen LogP contribution in [0.3, 0.4) is 0 Å². The number of nitrogens with zero attached hydrogens (tertiary/aromatic N) is 2. The smallest absolute Gasteiger partial charge is 0.266 e. The molecule has 4 rings (SSSR count). The van der Waals surface area contributed by atoms with Crippen molar-refractivity contribution < 1.29 is 9.53 Å². The lowest BCUT2D eigenvalue weighted by molar-refractivity contribution is -0.122. The van der Waals surface area contributed by atoms with Crippen LogP contribution in [-0.2, 0) is 4.79 Å². The second-order valence-corrected chi connectivity index (χ2v) is 7.01. The summed E-state index contributed by atoms with van der Waals surface area (Å²) in [6, 6.07) is 23.5. The Hall–Kier alpha value is -3.25. The molecule has 0 bridgehead atoms. The Bertz CT molecular complexity index is 1080. The number of hydrogen-bond donors (Lipinski definition) is 1. The average molecular weight is 375 g/mol. The monoisotopic (exact) mass is 375 g/mol. The molecule has 1 N–H and O–H groups in total. The molecule has 0 aliphatic carbocycles. The second kappa shape index (κ2) is 7.55. The number of benzene rings is 3. The van der Waals surface area contributed by atoms with E-state index in [9.17, 15) is 4.79 Å². The zero-order valence-corrected chi connectivity index (χ0v) is 15.4. The number of anilines is 1. The molecular formula is C21H17N3O2S. The van der Waals surface area contributed by atoms with E-state index >= 15 is 0 Å². The van der Waals surface area contributed by atoms with Gasteiger partial charge in [0.05, 0.1) is 0 Å². The predicted octanol–water partition coefficient (Wildman–Crippen LogP) is 4.76. The molecule has 0 fully saturated rings. The Labute approximate surface area is 160 Å². The average Bonchev–Trinajstić information content (AvgIpc) is 3.17. The van der Waals surface area contributed by atoms with E-state index in [-0.39, 0.29) is 5.91 Å². The molecule has 1 amide bonds. The first kappa shape index (κ1) is 17.2. The first-order chi connectivity index (χ1) is 13.2. The fraction of sp³-hybridized carbons (Fsp3) is 0.0952. The minimum atomic E-state index is -0.657. The van der Waals surface area contributed by atoms with Gasteiger partial charge in [-0.05, 0) is 29.8 Å². The van der Waals surface area contributed by atoms with E-state index < -0.39 is 6.10 Å². The van der Waals surface area contributed by atoms with Crippen molar-refractivity contribution in [2.24, 2.45) is 0 Å². The first-order valence-corrected chi connectivity index (χ1v) is 9.36. The number of ether oxygens (including phenoxy) is 1. The Morgan fingerprint density at radius 2 is 1.70 bits per heavy atom. The quantitative estimate of drug-likeness (QED) is 0.546. The molecule has 1 aromatic heterocycles. The lowest BCUT2D eigenvalue weighted by Gasteiger charge is -2.14. The molecule has 0 spiro atoms. The third-order valence-corrected chi connectivity index (χ3v) is 4.97. The molecule has 4 aromatic rings. The third-order valence-electron chi connectivity index (χ3n) is 4.08. The molecule has 0 unspecified atom stereocenters. The topological polar surface area (TPSA) is 64.1 Å². The summed E-state index contributed by atoms with van der Waals surface area (Å²) in [5, 5.41) is 14.4. The maximum atomic E-state index is 12.4. The summed E-state index contributed by atoms with van der Waals surface area (Å²) < 4.78 is 5.79. The van der Waals surface area contributed by atoms with E-state index in [4.69, 9.17) is 4.74 Å². The van der Waals surface area contributed by atoms with Crippen LogP contribution in [0.4, 0.5) is 5.13 Å². The van der Waals surface area contributed by atoms with Crippen LogP contribution < -0.4 is 10.1 Å². The summed E-state index contributed by atoms with van der Waals surface area (Å²) in [5.41, 5.74) is 0.968. The molecule has 0 aliphatic heterocycles. The first-order valence-electron chi connectivity index (χ1n) is 8.54. The Morgan fingerprint density at radius 1 is 0.963 bits per heavy atom. The largest absolute Gasteiger partial charge is 0.481 e. The third kappa shape index (κ3) is 3.96. The number of hydrogen-bond acceptors (Lipinski definition) is 5. The molecular weight excluding hydrogens is 358 g/mol. The van der Waals surface area contributed by atoms with Crippen molar-refractivity contribution >= 4 is 33.1 Å². The van der Waals surface area contributed by atoms with E-state index in [0.717, 1.165) is 21.3 Å². The van der Waals surface area contributed by atoms with Crippen LogP contribution in [0.15, 0.2) is 72.8 Å². The highest BCUT2D eigenvalue weighted by molar-refractivity contribution is 7.18.